The van der Waals surface area contributed by atoms with Crippen LogP contribution in [0.3, 0.4) is 0 Å². The number of nitrogens with one attached hydrogen (secondary N) is 3. The van der Waals surface area contributed by atoms with Gasteiger partial charge in [0.05, 0.1) is 0 Å². The smallest absolute Gasteiger partial charge is 0.191 e. The van der Waals surface area contributed by atoms with Crippen molar-refractivity contribution in [2.75, 3.05) is 33.4 Å². The molecule has 27 heavy (non-hydrogen) atoms. The van der Waals surface area contributed by atoms with Crippen molar-refractivity contribution in [2.24, 2.45) is 10.4 Å². The van der Waals surface area contributed by atoms with E-state index in [0.29, 0.717) is 5.41 Å². The first-order valence-corrected chi connectivity index (χ1v) is 10.2. The number of hydrogen-bond donors (Lipinski definition) is 3. The van der Waals surface area contributed by atoms with Crippen LogP contribution in [0.4, 0.5) is 0 Å². The van der Waals surface area contributed by atoms with E-state index in [4.69, 9.17) is 9.73 Å². The molecule has 1 aromatic heterocycles. The standard InChI is InChI=1S/C22H34N4O/c1-4-23-21(26-16-22(10-6-11-22)12-14-27-3)24-13-9-18-15-25-19-8-5-7-17(2)20(18)19/h5,7-8,15,25H,4,6,9-14,16H2,1-3H3,(H2,23,24,26). The van der Waals surface area contributed by atoms with Gasteiger partial charge in [-0.15, -0.1) is 0 Å². The fraction of sp³-hybridized carbons (Fsp3) is 0.591. The molecule has 5 nitrogen and oxygen atoms in total. The van der Waals surface area contributed by atoms with Gasteiger partial charge in [-0.25, -0.2) is 0 Å². The summed E-state index contributed by atoms with van der Waals surface area (Å²) in [6.45, 7) is 7.76. The normalized spacial score (nSPS) is 16.3. The first-order valence-electron chi connectivity index (χ1n) is 10.2. The van der Waals surface area contributed by atoms with Crippen molar-refractivity contribution in [2.45, 2.75) is 46.0 Å². The molecule has 0 atom stereocenters. The second kappa shape index (κ2) is 9.27. The summed E-state index contributed by atoms with van der Waals surface area (Å²) in [4.78, 5) is 8.28. The zero-order valence-corrected chi connectivity index (χ0v) is 17.0. The monoisotopic (exact) mass is 370 g/mol. The van der Waals surface area contributed by atoms with Crippen LogP contribution >= 0.6 is 0 Å². The number of aryl methyl sites for hydroxylation is 1. The maximum Gasteiger partial charge on any atom is 0.191 e. The molecule has 3 rings (SSSR count). The number of methoxy groups -OCH3 is 1. The quantitative estimate of drug-likeness (QED) is 0.465. The van der Waals surface area contributed by atoms with Gasteiger partial charge in [-0.05, 0) is 62.1 Å². The van der Waals surface area contributed by atoms with Crippen LogP contribution < -0.4 is 10.6 Å². The van der Waals surface area contributed by atoms with Gasteiger partial charge in [0.1, 0.15) is 0 Å². The summed E-state index contributed by atoms with van der Waals surface area (Å²) >= 11 is 0. The van der Waals surface area contributed by atoms with E-state index in [0.717, 1.165) is 45.0 Å². The molecule has 0 aliphatic heterocycles. The third-order valence-electron chi connectivity index (χ3n) is 5.85. The molecule has 0 radical (unpaired) electrons. The number of ether oxygens (including phenoxy) is 1. The van der Waals surface area contributed by atoms with Crippen molar-refractivity contribution >= 4 is 16.9 Å². The number of aliphatic imine (C=N–C) groups is 1. The lowest BCUT2D eigenvalue weighted by Crippen LogP contribution is -2.41. The molecule has 1 heterocycles. The molecule has 1 aliphatic rings. The van der Waals surface area contributed by atoms with E-state index in [1.807, 2.05) is 0 Å². The molecule has 1 fully saturated rings. The fourth-order valence-electron chi connectivity index (χ4n) is 4.04. The Morgan fingerprint density at radius 1 is 1.30 bits per heavy atom. The Balaban J connectivity index is 1.57. The van der Waals surface area contributed by atoms with Crippen LogP contribution in [0.15, 0.2) is 29.4 Å². The summed E-state index contributed by atoms with van der Waals surface area (Å²) in [5.41, 5.74) is 4.26. The van der Waals surface area contributed by atoms with Gasteiger partial charge in [-0.3, -0.25) is 4.99 Å². The number of benzene rings is 1. The molecular weight excluding hydrogens is 336 g/mol. The molecular formula is C22H34N4O. The number of H-pyrrole nitrogens is 1. The van der Waals surface area contributed by atoms with E-state index in [-0.39, 0.29) is 0 Å². The molecule has 3 N–H and O–H groups in total. The summed E-state index contributed by atoms with van der Waals surface area (Å²) < 4.78 is 5.30. The molecule has 0 unspecified atom stereocenters. The minimum atomic E-state index is 0.353. The molecule has 5 heteroatoms. The van der Waals surface area contributed by atoms with Crippen molar-refractivity contribution in [3.63, 3.8) is 0 Å². The first-order chi connectivity index (χ1) is 13.2. The molecule has 148 valence electrons. The zero-order valence-electron chi connectivity index (χ0n) is 17.0. The lowest BCUT2D eigenvalue weighted by molar-refractivity contribution is 0.0778. The van der Waals surface area contributed by atoms with Gasteiger partial charge in [0, 0.05) is 50.5 Å². The minimum absolute atomic E-state index is 0.353. The van der Waals surface area contributed by atoms with E-state index in [2.05, 4.69) is 53.9 Å². The Labute approximate surface area is 163 Å². The number of hydrogen-bond acceptors (Lipinski definition) is 2. The number of fused-ring (bicyclic) bond motifs is 1. The minimum Gasteiger partial charge on any atom is -0.385 e. The predicted molar refractivity (Wildman–Crippen MR) is 113 cm³/mol. The molecule has 0 spiro atoms. The highest BCUT2D eigenvalue weighted by Crippen LogP contribution is 2.44. The molecule has 1 aromatic carbocycles. The Hall–Kier alpha value is -2.01. The largest absolute Gasteiger partial charge is 0.385 e. The highest BCUT2D eigenvalue weighted by molar-refractivity contribution is 5.86. The summed E-state index contributed by atoms with van der Waals surface area (Å²) in [5, 5.41) is 8.26. The van der Waals surface area contributed by atoms with Gasteiger partial charge in [-0.1, -0.05) is 18.6 Å². The Kier molecular flexibility index (Phi) is 6.78. The van der Waals surface area contributed by atoms with Crippen LogP contribution in [-0.4, -0.2) is 44.3 Å². The number of rotatable bonds is 9. The van der Waals surface area contributed by atoms with Crippen molar-refractivity contribution < 1.29 is 4.74 Å². The van der Waals surface area contributed by atoms with Crippen molar-refractivity contribution in [1.82, 2.24) is 15.6 Å². The zero-order chi connectivity index (χ0) is 19.1. The SMILES string of the molecule is CCNC(=NCC1(CCOC)CCC1)NCCc1c[nH]c2cccc(C)c12. The second-order valence-electron chi connectivity index (χ2n) is 7.78. The first kappa shape index (κ1) is 19.7. The van der Waals surface area contributed by atoms with E-state index < -0.39 is 0 Å². The van der Waals surface area contributed by atoms with Gasteiger partial charge < -0.3 is 20.4 Å². The molecule has 0 bridgehead atoms. The van der Waals surface area contributed by atoms with Crippen LogP contribution in [0, 0.1) is 12.3 Å². The van der Waals surface area contributed by atoms with Crippen molar-refractivity contribution in [3.05, 3.63) is 35.5 Å². The predicted octanol–water partition coefficient (Wildman–Crippen LogP) is 3.78. The van der Waals surface area contributed by atoms with Gasteiger partial charge >= 0.3 is 0 Å². The highest BCUT2D eigenvalue weighted by atomic mass is 16.5. The van der Waals surface area contributed by atoms with Gasteiger partial charge in [0.2, 0.25) is 0 Å². The Bertz CT molecular complexity index is 761. The molecule has 1 aliphatic carbocycles. The highest BCUT2D eigenvalue weighted by Gasteiger charge is 2.36. The number of aromatic nitrogens is 1. The fourth-order valence-corrected chi connectivity index (χ4v) is 4.04. The summed E-state index contributed by atoms with van der Waals surface area (Å²) in [7, 11) is 1.79. The molecule has 0 amide bonds. The van der Waals surface area contributed by atoms with Gasteiger partial charge in [0.25, 0.3) is 0 Å². The van der Waals surface area contributed by atoms with Crippen LogP contribution in [-0.2, 0) is 11.2 Å². The lowest BCUT2D eigenvalue weighted by Gasteiger charge is -2.40. The maximum atomic E-state index is 5.30. The maximum absolute atomic E-state index is 5.30. The number of aromatic amines is 1. The lowest BCUT2D eigenvalue weighted by atomic mass is 9.67. The van der Waals surface area contributed by atoms with Crippen LogP contribution in [0.2, 0.25) is 0 Å². The Morgan fingerprint density at radius 2 is 2.15 bits per heavy atom. The van der Waals surface area contributed by atoms with Crippen LogP contribution in [0.25, 0.3) is 10.9 Å². The molecule has 0 saturated heterocycles. The topological polar surface area (TPSA) is 61.4 Å². The third kappa shape index (κ3) is 4.83. The van der Waals surface area contributed by atoms with Crippen molar-refractivity contribution in [3.8, 4) is 0 Å². The average Bonchev–Trinajstić information content (AvgIpc) is 3.05. The van der Waals surface area contributed by atoms with Gasteiger partial charge in [-0.2, -0.15) is 0 Å². The third-order valence-corrected chi connectivity index (χ3v) is 5.85. The number of nitrogens with zero attached hydrogens (tertiary/aromatic N) is 1. The van der Waals surface area contributed by atoms with E-state index in [1.165, 1.54) is 41.3 Å². The Morgan fingerprint density at radius 3 is 2.85 bits per heavy atom. The number of guanidine groups is 1. The van der Waals surface area contributed by atoms with Crippen LogP contribution in [0.1, 0.15) is 43.7 Å². The summed E-state index contributed by atoms with van der Waals surface area (Å²) in [6, 6.07) is 6.42. The summed E-state index contributed by atoms with van der Waals surface area (Å²) in [6.07, 6.45) is 8.09. The van der Waals surface area contributed by atoms with E-state index in [1.54, 1.807) is 7.11 Å². The van der Waals surface area contributed by atoms with E-state index >= 15 is 0 Å². The molecule has 1 saturated carbocycles. The average molecular weight is 371 g/mol. The van der Waals surface area contributed by atoms with Crippen LogP contribution in [0.5, 0.6) is 0 Å². The van der Waals surface area contributed by atoms with Gasteiger partial charge in [0.15, 0.2) is 5.96 Å². The second-order valence-corrected chi connectivity index (χ2v) is 7.78. The van der Waals surface area contributed by atoms with Crippen molar-refractivity contribution in [1.29, 1.82) is 0 Å². The molecule has 2 aromatic rings. The van der Waals surface area contributed by atoms with E-state index in [9.17, 15) is 0 Å². The summed E-state index contributed by atoms with van der Waals surface area (Å²) in [5.74, 6) is 0.928.